The summed E-state index contributed by atoms with van der Waals surface area (Å²) in [6, 6.07) is 0.453. The minimum atomic E-state index is -0.728. The van der Waals surface area contributed by atoms with Crippen LogP contribution in [0, 0.1) is 11.8 Å². The maximum Gasteiger partial charge on any atom is 0.304 e. The monoisotopic (exact) mass is 284 g/mol. The lowest BCUT2D eigenvalue weighted by Crippen LogP contribution is -2.51. The zero-order valence-corrected chi connectivity index (χ0v) is 12.3. The van der Waals surface area contributed by atoms with Gasteiger partial charge in [0.1, 0.15) is 0 Å². The van der Waals surface area contributed by atoms with E-state index in [0.29, 0.717) is 18.5 Å². The summed E-state index contributed by atoms with van der Waals surface area (Å²) in [5, 5.41) is 21.6. The van der Waals surface area contributed by atoms with Gasteiger partial charge in [0.2, 0.25) is 0 Å². The number of nitrogens with one attached hydrogen (secondary N) is 1. The number of piperidine rings is 1. The molecule has 3 N–H and O–H groups in total. The van der Waals surface area contributed by atoms with Crippen molar-refractivity contribution in [1.82, 2.24) is 10.2 Å². The van der Waals surface area contributed by atoms with Gasteiger partial charge in [-0.15, -0.1) is 0 Å². The lowest BCUT2D eigenvalue weighted by atomic mass is 9.84. The summed E-state index contributed by atoms with van der Waals surface area (Å²) < 4.78 is 0. The number of aliphatic hydroxyl groups excluding tert-OH is 1. The van der Waals surface area contributed by atoms with Crippen LogP contribution in [0.5, 0.6) is 0 Å². The zero-order valence-electron chi connectivity index (χ0n) is 12.3. The molecule has 116 valence electrons. The van der Waals surface area contributed by atoms with Gasteiger partial charge in [-0.2, -0.15) is 0 Å². The topological polar surface area (TPSA) is 72.8 Å². The highest BCUT2D eigenvalue weighted by Crippen LogP contribution is 2.26. The van der Waals surface area contributed by atoms with E-state index in [2.05, 4.69) is 10.2 Å². The fourth-order valence-electron chi connectivity index (χ4n) is 3.31. The standard InChI is InChI=1S/C15H28N2O3/c18-7-5-13-8-14(16-9-12-2-1-3-12)11-17(10-13)6-4-15(19)20/h12-14,16,18H,1-11H2,(H,19,20). The second kappa shape index (κ2) is 7.96. The Hall–Kier alpha value is -0.650. The largest absolute Gasteiger partial charge is 0.481 e. The first-order valence-electron chi connectivity index (χ1n) is 7.95. The number of likely N-dealkylation sites (tertiary alicyclic amines) is 1. The highest BCUT2D eigenvalue weighted by atomic mass is 16.4. The highest BCUT2D eigenvalue weighted by molar-refractivity contribution is 5.66. The number of carbonyl (C=O) groups is 1. The molecule has 0 aromatic carbocycles. The Labute approximate surface area is 121 Å². The van der Waals surface area contributed by atoms with Crippen LogP contribution in [0.15, 0.2) is 0 Å². The third-order valence-corrected chi connectivity index (χ3v) is 4.71. The molecule has 2 fully saturated rings. The van der Waals surface area contributed by atoms with Crippen LogP contribution in [0.2, 0.25) is 0 Å². The van der Waals surface area contributed by atoms with Crippen molar-refractivity contribution in [2.45, 2.75) is 44.6 Å². The van der Waals surface area contributed by atoms with Crippen molar-refractivity contribution in [3.63, 3.8) is 0 Å². The molecule has 0 radical (unpaired) electrons. The van der Waals surface area contributed by atoms with E-state index in [-0.39, 0.29) is 13.0 Å². The first-order chi connectivity index (χ1) is 9.67. The number of aliphatic hydroxyl groups is 1. The molecular formula is C15H28N2O3. The molecule has 1 saturated carbocycles. The summed E-state index contributed by atoms with van der Waals surface area (Å²) in [4.78, 5) is 13.0. The van der Waals surface area contributed by atoms with Crippen molar-refractivity contribution < 1.29 is 15.0 Å². The average molecular weight is 284 g/mol. The van der Waals surface area contributed by atoms with Crippen LogP contribution in [-0.2, 0) is 4.79 Å². The predicted octanol–water partition coefficient (Wildman–Crippen LogP) is 0.924. The van der Waals surface area contributed by atoms with Gasteiger partial charge in [0, 0.05) is 32.3 Å². The normalized spacial score (nSPS) is 28.2. The van der Waals surface area contributed by atoms with Gasteiger partial charge in [-0.3, -0.25) is 4.79 Å². The second-order valence-corrected chi connectivity index (χ2v) is 6.42. The summed E-state index contributed by atoms with van der Waals surface area (Å²) in [7, 11) is 0. The van der Waals surface area contributed by atoms with Gasteiger partial charge in [-0.1, -0.05) is 6.42 Å². The van der Waals surface area contributed by atoms with E-state index in [9.17, 15) is 4.79 Å². The quantitative estimate of drug-likeness (QED) is 0.618. The molecule has 1 saturated heterocycles. The summed E-state index contributed by atoms with van der Waals surface area (Å²) in [5.41, 5.74) is 0. The summed E-state index contributed by atoms with van der Waals surface area (Å²) in [6.45, 7) is 3.83. The first-order valence-corrected chi connectivity index (χ1v) is 7.95. The van der Waals surface area contributed by atoms with Gasteiger partial charge in [0.15, 0.2) is 0 Å². The first kappa shape index (κ1) is 15.7. The molecule has 1 heterocycles. The molecule has 2 rings (SSSR count). The SMILES string of the molecule is O=C(O)CCN1CC(CCO)CC(NCC2CCC2)C1. The fraction of sp³-hybridized carbons (Fsp3) is 0.933. The van der Waals surface area contributed by atoms with Crippen molar-refractivity contribution in [3.8, 4) is 0 Å². The molecule has 2 atom stereocenters. The molecule has 0 aromatic heterocycles. The van der Waals surface area contributed by atoms with Gasteiger partial charge in [-0.25, -0.2) is 0 Å². The molecular weight excluding hydrogens is 256 g/mol. The molecule has 2 unspecified atom stereocenters. The second-order valence-electron chi connectivity index (χ2n) is 6.42. The Bertz CT molecular complexity index is 307. The van der Waals surface area contributed by atoms with Gasteiger partial charge in [0.25, 0.3) is 0 Å². The van der Waals surface area contributed by atoms with E-state index >= 15 is 0 Å². The molecule has 2 aliphatic rings. The summed E-state index contributed by atoms with van der Waals surface area (Å²) in [5.74, 6) is 0.607. The lowest BCUT2D eigenvalue weighted by molar-refractivity contribution is -0.137. The van der Waals surface area contributed by atoms with E-state index in [0.717, 1.165) is 38.4 Å². The molecule has 0 bridgehead atoms. The van der Waals surface area contributed by atoms with Crippen molar-refractivity contribution >= 4 is 5.97 Å². The Morgan fingerprint density at radius 3 is 2.65 bits per heavy atom. The third-order valence-electron chi connectivity index (χ3n) is 4.71. The van der Waals surface area contributed by atoms with Gasteiger partial charge < -0.3 is 20.4 Å². The smallest absolute Gasteiger partial charge is 0.304 e. The molecule has 5 heteroatoms. The molecule has 5 nitrogen and oxygen atoms in total. The Morgan fingerprint density at radius 1 is 1.25 bits per heavy atom. The van der Waals surface area contributed by atoms with Gasteiger partial charge in [0.05, 0.1) is 6.42 Å². The number of nitrogens with zero attached hydrogens (tertiary/aromatic N) is 1. The van der Waals surface area contributed by atoms with E-state index in [4.69, 9.17) is 10.2 Å². The molecule has 20 heavy (non-hydrogen) atoms. The molecule has 0 spiro atoms. The van der Waals surface area contributed by atoms with Gasteiger partial charge >= 0.3 is 5.97 Å². The van der Waals surface area contributed by atoms with Crippen LogP contribution in [-0.4, -0.2) is 59.9 Å². The predicted molar refractivity (Wildman–Crippen MR) is 77.6 cm³/mol. The summed E-state index contributed by atoms with van der Waals surface area (Å²) >= 11 is 0. The maximum absolute atomic E-state index is 10.7. The molecule has 1 aliphatic carbocycles. The number of hydrogen-bond donors (Lipinski definition) is 3. The Kier molecular flexibility index (Phi) is 6.26. The number of rotatable bonds is 8. The molecule has 1 aliphatic heterocycles. The lowest BCUT2D eigenvalue weighted by Gasteiger charge is -2.39. The van der Waals surface area contributed by atoms with Crippen LogP contribution < -0.4 is 5.32 Å². The Balaban J connectivity index is 1.77. The summed E-state index contributed by atoms with van der Waals surface area (Å²) in [6.07, 6.45) is 6.21. The van der Waals surface area contributed by atoms with Gasteiger partial charge in [-0.05, 0) is 44.1 Å². The van der Waals surface area contributed by atoms with E-state index in [1.165, 1.54) is 19.3 Å². The van der Waals surface area contributed by atoms with Crippen molar-refractivity contribution in [2.75, 3.05) is 32.8 Å². The average Bonchev–Trinajstić information content (AvgIpc) is 2.35. The van der Waals surface area contributed by atoms with E-state index in [1.807, 2.05) is 0 Å². The van der Waals surface area contributed by atoms with Crippen molar-refractivity contribution in [1.29, 1.82) is 0 Å². The fourth-order valence-corrected chi connectivity index (χ4v) is 3.31. The Morgan fingerprint density at radius 2 is 2.05 bits per heavy atom. The number of carboxylic acids is 1. The molecule has 0 amide bonds. The van der Waals surface area contributed by atoms with Crippen LogP contribution >= 0.6 is 0 Å². The number of aliphatic carboxylic acids is 1. The minimum Gasteiger partial charge on any atom is -0.481 e. The van der Waals surface area contributed by atoms with Crippen molar-refractivity contribution in [3.05, 3.63) is 0 Å². The third kappa shape index (κ3) is 5.04. The van der Waals surface area contributed by atoms with Crippen LogP contribution in [0.3, 0.4) is 0 Å². The van der Waals surface area contributed by atoms with Crippen LogP contribution in [0.1, 0.15) is 38.5 Å². The van der Waals surface area contributed by atoms with Crippen LogP contribution in [0.4, 0.5) is 0 Å². The number of hydrogen-bond acceptors (Lipinski definition) is 4. The van der Waals surface area contributed by atoms with E-state index < -0.39 is 5.97 Å². The van der Waals surface area contributed by atoms with Crippen LogP contribution in [0.25, 0.3) is 0 Å². The van der Waals surface area contributed by atoms with E-state index in [1.54, 1.807) is 0 Å². The maximum atomic E-state index is 10.7. The molecule has 0 aromatic rings. The number of carboxylic acid groups (broad SMARTS) is 1. The van der Waals surface area contributed by atoms with Crippen molar-refractivity contribution in [2.24, 2.45) is 11.8 Å². The highest BCUT2D eigenvalue weighted by Gasteiger charge is 2.28. The minimum absolute atomic E-state index is 0.210. The zero-order chi connectivity index (χ0) is 14.4.